The zero-order valence-electron chi connectivity index (χ0n) is 26.9. The van der Waals surface area contributed by atoms with Crippen LogP contribution in [0.4, 0.5) is 11.4 Å². The van der Waals surface area contributed by atoms with Gasteiger partial charge in [-0.2, -0.15) is 0 Å². The van der Waals surface area contributed by atoms with E-state index in [9.17, 15) is 4.79 Å². The molecule has 0 N–H and O–H groups in total. The number of hydrogen-bond acceptors (Lipinski definition) is 4. The Morgan fingerprint density at radius 3 is 1.38 bits per heavy atom. The maximum Gasteiger partial charge on any atom is 0.345 e. The molecule has 6 heteroatoms. The van der Waals surface area contributed by atoms with Crippen LogP contribution in [0.25, 0.3) is 17.0 Å². The number of rotatable bonds is 6. The molecule has 50 heavy (non-hydrogen) atoms. The Bertz CT molecular complexity index is 2380. The van der Waals surface area contributed by atoms with Gasteiger partial charge in [0.15, 0.2) is 0 Å². The Morgan fingerprint density at radius 2 is 0.920 bits per heavy atom. The maximum absolute atomic E-state index is 13.6. The summed E-state index contributed by atoms with van der Waals surface area (Å²) in [6.45, 7) is -2.67. The molecular formula is C44H30ClN2O2P. The molecule has 1 fully saturated rings. The van der Waals surface area contributed by atoms with Crippen LogP contribution in [-0.2, 0) is 0 Å². The minimum atomic E-state index is -2.67. The highest BCUT2D eigenvalue weighted by Crippen LogP contribution is 2.51. The summed E-state index contributed by atoms with van der Waals surface area (Å²) in [6.07, 6.45) is 1.81. The fourth-order valence-electron chi connectivity index (χ4n) is 6.54. The molecule has 1 heterocycles. The number of benzene rings is 6. The molecule has 1 aliphatic rings. The highest BCUT2D eigenvalue weighted by Gasteiger charge is 2.44. The van der Waals surface area contributed by atoms with Gasteiger partial charge in [0.1, 0.15) is 5.58 Å². The molecule has 6 aromatic carbocycles. The van der Waals surface area contributed by atoms with E-state index in [2.05, 4.69) is 72.8 Å². The van der Waals surface area contributed by atoms with Gasteiger partial charge in [-0.15, -0.1) is 0 Å². The van der Waals surface area contributed by atoms with Gasteiger partial charge in [-0.25, -0.2) is 14.8 Å². The van der Waals surface area contributed by atoms with Crippen molar-refractivity contribution < 1.29 is 4.42 Å². The molecule has 0 aliphatic heterocycles. The summed E-state index contributed by atoms with van der Waals surface area (Å²) in [5, 5.41) is 5.49. The Balaban J connectivity index is 1.57. The van der Waals surface area contributed by atoms with Crippen LogP contribution in [0, 0.1) is 0 Å². The lowest BCUT2D eigenvalue weighted by Crippen LogP contribution is -2.47. The Morgan fingerprint density at radius 1 is 0.520 bits per heavy atom. The lowest BCUT2D eigenvalue weighted by molar-refractivity contribution is 0.559. The lowest BCUT2D eigenvalue weighted by atomic mass is 9.84. The van der Waals surface area contributed by atoms with Crippen molar-refractivity contribution in [2.24, 2.45) is 9.98 Å². The van der Waals surface area contributed by atoms with Crippen LogP contribution in [0.1, 0.15) is 5.56 Å². The minimum Gasteiger partial charge on any atom is -0.422 e. The Kier molecular flexibility index (Phi) is 8.56. The molecule has 1 aliphatic carbocycles. The molecule has 240 valence electrons. The number of aliphatic imine (C=N–C) groups is 2. The number of hydrogen-bond donors (Lipinski definition) is 0. The van der Waals surface area contributed by atoms with E-state index in [0.717, 1.165) is 44.0 Å². The number of halogens is 1. The zero-order chi connectivity index (χ0) is 33.9. The lowest BCUT2D eigenvalue weighted by Gasteiger charge is -2.39. The molecule has 8 rings (SSSR count). The van der Waals surface area contributed by atoms with Gasteiger partial charge in [-0.05, 0) is 65.3 Å². The largest absolute Gasteiger partial charge is 0.422 e. The van der Waals surface area contributed by atoms with Crippen LogP contribution in [0.2, 0.25) is 5.02 Å². The second-order valence-corrected chi connectivity index (χ2v) is 15.5. The third kappa shape index (κ3) is 5.59. The minimum absolute atomic E-state index is 0.254. The van der Waals surface area contributed by atoms with E-state index in [-0.39, 0.29) is 5.56 Å². The van der Waals surface area contributed by atoms with Crippen molar-refractivity contribution in [1.29, 1.82) is 0 Å². The first-order valence-corrected chi connectivity index (χ1v) is 18.5. The summed E-state index contributed by atoms with van der Waals surface area (Å²) in [4.78, 5) is 24.4. The summed E-state index contributed by atoms with van der Waals surface area (Å²) in [6, 6.07) is 59.0. The van der Waals surface area contributed by atoms with Crippen LogP contribution in [0.5, 0.6) is 0 Å². The van der Waals surface area contributed by atoms with Crippen molar-refractivity contribution >= 4 is 79.5 Å². The fraction of sp³-hybridized carbons (Fsp3) is 0. The van der Waals surface area contributed by atoms with Gasteiger partial charge in [0, 0.05) is 16.3 Å². The second-order valence-electron chi connectivity index (χ2n) is 11.8. The fourth-order valence-corrected chi connectivity index (χ4v) is 11.3. The third-order valence-corrected chi connectivity index (χ3v) is 13.5. The van der Waals surface area contributed by atoms with Gasteiger partial charge < -0.3 is 4.42 Å². The highest BCUT2D eigenvalue weighted by atomic mass is 35.5. The zero-order valence-corrected chi connectivity index (χ0v) is 28.5. The van der Waals surface area contributed by atoms with Gasteiger partial charge in [0.05, 0.1) is 33.4 Å². The first kappa shape index (κ1) is 31.5. The second kappa shape index (κ2) is 13.6. The van der Waals surface area contributed by atoms with E-state index in [1.165, 1.54) is 0 Å². The summed E-state index contributed by atoms with van der Waals surface area (Å²) in [5.74, 6) is 0. The highest BCUT2D eigenvalue weighted by molar-refractivity contribution is 7.98. The van der Waals surface area contributed by atoms with Crippen molar-refractivity contribution in [2.75, 3.05) is 0 Å². The predicted octanol–water partition coefficient (Wildman–Crippen LogP) is 9.56. The summed E-state index contributed by atoms with van der Waals surface area (Å²) >= 11 is 7.02. The monoisotopic (exact) mass is 684 g/mol. The molecule has 0 radical (unpaired) electrons. The summed E-state index contributed by atoms with van der Waals surface area (Å²) in [7, 11) is 0. The van der Waals surface area contributed by atoms with Crippen molar-refractivity contribution in [1.82, 2.24) is 0 Å². The average molecular weight is 685 g/mol. The Hall–Kier alpha value is -5.80. The number of para-hydroxylation sites is 3. The van der Waals surface area contributed by atoms with E-state index in [0.29, 0.717) is 21.6 Å². The molecule has 0 bridgehead atoms. The smallest absolute Gasteiger partial charge is 0.345 e. The van der Waals surface area contributed by atoms with E-state index in [4.69, 9.17) is 26.0 Å². The topological polar surface area (TPSA) is 54.9 Å². The summed E-state index contributed by atoms with van der Waals surface area (Å²) < 4.78 is 5.79. The molecule has 7 aromatic rings. The van der Waals surface area contributed by atoms with Crippen molar-refractivity contribution in [3.8, 4) is 0 Å². The normalized spacial score (nSPS) is 14.6. The molecule has 0 unspecified atom stereocenters. The first-order chi connectivity index (χ1) is 24.6. The van der Waals surface area contributed by atoms with Gasteiger partial charge in [0.2, 0.25) is 0 Å². The first-order valence-electron chi connectivity index (χ1n) is 16.3. The SMILES string of the molecule is O=c1oc2ccccc2c(Cl)c1C=C1C(=Nc2ccccc2)C(=P(c2ccccc2)(c2ccccc2)c2ccccc2)C1=Nc1ccccc1. The van der Waals surface area contributed by atoms with E-state index in [1.54, 1.807) is 6.07 Å². The molecule has 4 nitrogen and oxygen atoms in total. The van der Waals surface area contributed by atoms with Gasteiger partial charge >= 0.3 is 5.63 Å². The van der Waals surface area contributed by atoms with Crippen molar-refractivity contribution in [3.05, 3.63) is 203 Å². The predicted molar refractivity (Wildman–Crippen MR) is 213 cm³/mol. The van der Waals surface area contributed by atoms with E-state index in [1.807, 2.05) is 103 Å². The van der Waals surface area contributed by atoms with E-state index >= 15 is 0 Å². The van der Waals surface area contributed by atoms with Gasteiger partial charge in [-0.3, -0.25) is 0 Å². The molecule has 0 amide bonds. The number of nitrogens with zero attached hydrogens (tertiary/aromatic N) is 2. The Labute approximate surface area is 295 Å². The molecule has 0 atom stereocenters. The van der Waals surface area contributed by atoms with Crippen molar-refractivity contribution in [3.63, 3.8) is 0 Å². The molecule has 0 spiro atoms. The molecular weight excluding hydrogens is 655 g/mol. The van der Waals surface area contributed by atoms with Crippen LogP contribution in [0.15, 0.2) is 201 Å². The van der Waals surface area contributed by atoms with Gasteiger partial charge in [-0.1, -0.05) is 151 Å². The van der Waals surface area contributed by atoms with Crippen LogP contribution in [0.3, 0.4) is 0 Å². The molecule has 0 saturated heterocycles. The molecule has 1 aromatic heterocycles. The maximum atomic E-state index is 13.6. The van der Waals surface area contributed by atoms with Crippen LogP contribution >= 0.6 is 18.5 Å². The van der Waals surface area contributed by atoms with E-state index < -0.39 is 12.5 Å². The van der Waals surface area contributed by atoms with Crippen LogP contribution in [-0.4, -0.2) is 16.7 Å². The number of fused-ring (bicyclic) bond motifs is 1. The van der Waals surface area contributed by atoms with Crippen molar-refractivity contribution in [2.45, 2.75) is 0 Å². The number of allylic oxidation sites excluding steroid dienone is 1. The summed E-state index contributed by atoms with van der Waals surface area (Å²) in [5.41, 5.74) is 3.95. The molecule has 1 saturated carbocycles. The quantitative estimate of drug-likeness (QED) is 0.129. The van der Waals surface area contributed by atoms with Gasteiger partial charge in [0.25, 0.3) is 0 Å². The third-order valence-electron chi connectivity index (χ3n) is 8.79. The average Bonchev–Trinajstić information content (AvgIpc) is 3.18. The standard InChI is InChI=1S/C44H30ClN2O2P/c45-40-36-28-16-17-29-39(36)49-44(48)37(40)30-38-41(46-31-18-6-1-7-19-31)43(42(38)47-32-20-8-2-9-21-32)50(33-22-10-3-11-23-33,34-24-12-4-13-25-34)35-26-14-5-15-27-35/h1-30H. The van der Waals surface area contributed by atoms with Crippen LogP contribution < -0.4 is 21.5 Å².